The molecule has 12 heterocycles. The van der Waals surface area contributed by atoms with Gasteiger partial charge < -0.3 is 84.7 Å². The summed E-state index contributed by atoms with van der Waals surface area (Å²) >= 11 is 0. The van der Waals surface area contributed by atoms with Crippen LogP contribution >= 0.6 is 0 Å². The Labute approximate surface area is 890 Å². The van der Waals surface area contributed by atoms with Crippen LogP contribution in [0.4, 0.5) is 58.4 Å². The Hall–Kier alpha value is -5.68. The van der Waals surface area contributed by atoms with E-state index >= 15 is 0 Å². The maximum Gasteiger partial charge on any atom is 2.00 e. The zero-order valence-electron chi connectivity index (χ0n) is 80.5. The van der Waals surface area contributed by atoms with Crippen LogP contribution in [0, 0.1) is 26.7 Å². The molecule has 0 atom stereocenters. The molecular weight excluding hydrogens is 2810 g/mol. The summed E-state index contributed by atoms with van der Waals surface area (Å²) < 4.78 is 23.8. The van der Waals surface area contributed by atoms with Crippen molar-refractivity contribution in [3.63, 3.8) is 0 Å². The van der Waals surface area contributed by atoms with Crippen molar-refractivity contribution in [2.45, 2.75) is 207 Å². The second kappa shape index (κ2) is 60.5. The number of benzene rings is 4. The predicted molar refractivity (Wildman–Crippen MR) is 526 cm³/mol. The van der Waals surface area contributed by atoms with Gasteiger partial charge in [-0.15, -0.1) is 31.3 Å². The fraction of sp³-hybridized carbons (Fsp3) is 0.528. The molecule has 0 saturated carbocycles. The fourth-order valence-corrected chi connectivity index (χ4v) is 19.8. The Morgan fingerprint density at radius 1 is 0.276 bits per heavy atom. The summed E-state index contributed by atoms with van der Waals surface area (Å²) in [7, 11) is 4.25. The average Bonchev–Trinajstić information content (AvgIpc) is 1.19. The van der Waals surface area contributed by atoms with Gasteiger partial charge in [0.25, 0.3) is 55.9 Å². The van der Waals surface area contributed by atoms with Crippen molar-refractivity contribution in [3.05, 3.63) is 148 Å². The molecule has 4 aromatic carbocycles. The van der Waals surface area contributed by atoms with Gasteiger partial charge in [0.05, 0.1) is 35.7 Å². The standard InChI is InChI=1S/C16H25B2N7.C15H23B2N7.C14H21B2N7.C13H19B2N7.2C7H17B2N7Si.6Pt/c1-4-5-6-10-13-25-17(2)23(15-11-8-7-9-12-15)14-24(18(25)3)16-19-21-22-20-16;1-4-5-9-12-24-16(2)22(14-10-7-6-8-11-14)13-23(17(24)3)15-18-20-21-19-15;1-4-5-11-23-15(2)21(13-9-7-6-8-10-13)12-22(16(23)3)14-17-19-20-18-14;1-4-10-22-14(2)20(12-8-6-5-7-9-12)11-21(15(22)3)13-16-18-19-17-13;1-6(2)15-8(3)14(5)17-16(9(15)4)7-10-12-13-11-7;1-5-6-15-8(2)14(4)17-16(9(15)3)7-10-12-13-11-7;;;;;;/h7-9,11-12,14H,4-6,10,13H2,1-3H3;6-8,10-11,13H,4-5,9,12H2,1-3H3;6-10,12H,4-5,11H2,1-3H3;5-9,11H,4,10H2,1-3H3;6,17H,1-5H3;17H,5-6H2,1-4H3;;;;;;/q4*-2;2*-1;;;4*+2. The molecule has 6 aliphatic rings. The number of unbranched alkanes of at least 4 members (excludes halogenated alkanes) is 6. The molecule has 0 spiro atoms. The topological polar surface area (TPSA) is 375 Å². The Balaban J connectivity index is 0.000000283. The van der Waals surface area contributed by atoms with Crippen LogP contribution in [0.2, 0.25) is 81.9 Å². The van der Waals surface area contributed by atoms with Crippen LogP contribution in [0.3, 0.4) is 0 Å². The molecule has 726 valence electrons. The van der Waals surface area contributed by atoms with Gasteiger partial charge in [0.15, 0.2) is 19.7 Å². The van der Waals surface area contributed by atoms with Crippen LogP contribution in [0.5, 0.6) is 0 Å². The minimum Gasteiger partial charge on any atom is -0.559 e. The van der Waals surface area contributed by atoms with Crippen molar-refractivity contribution < 1.29 is 126 Å². The molecule has 0 N–H and O–H groups in total. The zero-order chi connectivity index (χ0) is 91.3. The molecule has 0 unspecified atom stereocenters. The molecule has 0 bridgehead atoms. The number of nitrogens with zero attached hydrogens (tertiary/aromatic N) is 42. The number of hydrogen-bond acceptors (Lipinski definition) is 36. The molecular formula is C72H122B12N42Pt6Si2-2. The summed E-state index contributed by atoms with van der Waals surface area (Å²) in [6.07, 6.45) is 13.2. The second-order valence-corrected chi connectivity index (χ2v) is 36.1. The Bertz CT molecular complexity index is 4630. The molecule has 6 saturated heterocycles. The fourth-order valence-electron chi connectivity index (χ4n) is 17.1. The SMILES string of the molecule is CB1N(C)[SiH]N(c2nnn[n-]2)B(C)N1C(C)C.CCCCCCN1B(C)N(c2ccccc2)[CH-]N(c2nnn[n-]2)B1C.CCCCCN1B(C)N(c2ccccc2)[CH-]N(c2nnn[n-]2)B1C.CCCCN1B(C)N(c2ccccc2)[CH-]N(c2nnn[n-]2)B1C.CCCN1B(C)N(C)[SiH]N(c2nnn[n-]2)B1C.CCCN1B(C)N(c2ccccc2)[CH-]N(c2nnn[n-]2)B1C.[Pt+2].[Pt+2].[Pt+2].[Pt+2].[Pt].[Pt]. The van der Waals surface area contributed by atoms with Gasteiger partial charge in [0.2, 0.25) is 27.9 Å². The third-order valence-electron chi connectivity index (χ3n) is 24.5. The normalized spacial score (nSPS) is 16.3. The summed E-state index contributed by atoms with van der Waals surface area (Å²) in [5.41, 5.74) is 4.58. The largest absolute Gasteiger partial charge is 2.00 e. The zero-order valence-corrected chi connectivity index (χ0v) is 96.5. The first kappa shape index (κ1) is 119. The first-order valence-electron chi connectivity index (χ1n) is 45.3. The summed E-state index contributed by atoms with van der Waals surface area (Å²) in [5.74, 6) is 3.42. The smallest absolute Gasteiger partial charge is 0.559 e. The summed E-state index contributed by atoms with van der Waals surface area (Å²) in [6, 6.07) is 42.0. The van der Waals surface area contributed by atoms with Crippen molar-refractivity contribution in [2.75, 3.05) is 94.3 Å². The van der Waals surface area contributed by atoms with Crippen LogP contribution in [0.25, 0.3) is 0 Å². The Morgan fingerprint density at radius 2 is 0.515 bits per heavy atom. The van der Waals surface area contributed by atoms with Gasteiger partial charge in [-0.1, -0.05) is 242 Å². The van der Waals surface area contributed by atoms with E-state index in [9.17, 15) is 0 Å². The maximum atomic E-state index is 4.06. The minimum atomic E-state index is -0.0202. The van der Waals surface area contributed by atoms with Gasteiger partial charge in [0, 0.05) is 42.1 Å². The molecule has 0 amide bonds. The first-order valence-corrected chi connectivity index (χ1v) is 47.4. The minimum absolute atomic E-state index is 0. The van der Waals surface area contributed by atoms with Crippen molar-refractivity contribution in [2.24, 2.45) is 0 Å². The molecule has 2 radical (unpaired) electrons. The quantitative estimate of drug-likeness (QED) is 0.0379. The molecule has 6 aromatic heterocycles. The number of tetrazole rings is 6. The molecule has 6 fully saturated rings. The number of anilines is 10. The third kappa shape index (κ3) is 30.9. The molecule has 6 aliphatic heterocycles. The van der Waals surface area contributed by atoms with Gasteiger partial charge >= 0.3 is 84.3 Å². The van der Waals surface area contributed by atoms with E-state index in [0.29, 0.717) is 62.7 Å². The van der Waals surface area contributed by atoms with E-state index in [1.807, 2.05) is 55.6 Å². The number of aromatic nitrogens is 24. The third-order valence-corrected chi connectivity index (χ3v) is 28.0. The molecule has 16 rings (SSSR count). The maximum absolute atomic E-state index is 4.06. The summed E-state index contributed by atoms with van der Waals surface area (Å²) in [6.45, 7) is 58.6. The van der Waals surface area contributed by atoms with E-state index in [4.69, 9.17) is 0 Å². The van der Waals surface area contributed by atoms with Gasteiger partial charge in [-0.2, -0.15) is 31.3 Å². The van der Waals surface area contributed by atoms with Crippen molar-refractivity contribution >= 4 is 162 Å². The number of hydrogen-bond donors (Lipinski definition) is 0. The van der Waals surface area contributed by atoms with Crippen LogP contribution in [0.15, 0.2) is 121 Å². The van der Waals surface area contributed by atoms with E-state index < -0.39 is 0 Å². The Morgan fingerprint density at radius 3 is 0.784 bits per heavy atom. The monoisotopic (exact) mass is 2930 g/mol. The van der Waals surface area contributed by atoms with Crippen molar-refractivity contribution in [1.82, 2.24) is 161 Å². The van der Waals surface area contributed by atoms with Gasteiger partial charge in [-0.25, -0.2) is 57.3 Å². The van der Waals surface area contributed by atoms with Crippen molar-refractivity contribution in [3.8, 4) is 0 Å². The van der Waals surface area contributed by atoms with E-state index in [1.54, 1.807) is 0 Å². The van der Waals surface area contributed by atoms with Crippen LogP contribution in [-0.2, 0) is 126 Å². The number of para-hydroxylation sites is 4. The van der Waals surface area contributed by atoms with Gasteiger partial charge in [-0.05, 0) is 156 Å². The molecule has 134 heavy (non-hydrogen) atoms. The Kier molecular flexibility index (Phi) is 53.6. The average molecular weight is 2930 g/mol. The summed E-state index contributed by atoms with van der Waals surface area (Å²) in [4.78, 5) is 17.1. The molecule has 42 nitrogen and oxygen atoms in total. The molecule has 62 heteroatoms. The van der Waals surface area contributed by atoms with E-state index in [0.717, 1.165) is 74.7 Å². The van der Waals surface area contributed by atoms with E-state index in [-0.39, 0.29) is 209 Å². The van der Waals surface area contributed by atoms with Crippen LogP contribution in [0.1, 0.15) is 119 Å². The predicted octanol–water partition coefficient (Wildman–Crippen LogP) is 4.80. The molecule has 0 aliphatic carbocycles. The number of rotatable bonds is 27. The van der Waals surface area contributed by atoms with Crippen LogP contribution in [-0.4, -0.2) is 287 Å². The van der Waals surface area contributed by atoms with Gasteiger partial charge in [-0.3, -0.25) is 30.6 Å². The first-order chi connectivity index (χ1) is 62.0. The van der Waals surface area contributed by atoms with E-state index in [1.165, 1.54) is 51.4 Å². The van der Waals surface area contributed by atoms with E-state index in [2.05, 4.69) is 445 Å². The molecule has 10 aromatic rings. The van der Waals surface area contributed by atoms with Gasteiger partial charge in [0.1, 0.15) is 0 Å². The summed E-state index contributed by atoms with van der Waals surface area (Å²) in [5, 5.41) is 91.5. The second-order valence-electron chi connectivity index (χ2n) is 32.9. The van der Waals surface area contributed by atoms with Crippen molar-refractivity contribution in [1.29, 1.82) is 0 Å². The van der Waals surface area contributed by atoms with Crippen LogP contribution < -0.4 is 78.0 Å².